The topological polar surface area (TPSA) is 99.9 Å². The van der Waals surface area contributed by atoms with E-state index >= 15 is 0 Å². The molecular weight excluding hydrogens is 188 g/mol. The van der Waals surface area contributed by atoms with Gasteiger partial charge < -0.3 is 15.6 Å². The number of carbonyl (C=O) groups excluding carboxylic acids is 1. The van der Waals surface area contributed by atoms with Crippen LogP contribution in [-0.4, -0.2) is 42.4 Å². The van der Waals surface area contributed by atoms with E-state index in [1.54, 1.807) is 11.2 Å². The van der Waals surface area contributed by atoms with Crippen molar-refractivity contribution >= 4 is 5.91 Å². The Morgan fingerprint density at radius 2 is 2.43 bits per heavy atom. The van der Waals surface area contributed by atoms with Gasteiger partial charge in [-0.15, -0.1) is 5.53 Å². The van der Waals surface area contributed by atoms with Gasteiger partial charge >= 0.3 is 0 Å². The number of amides is 1. The summed E-state index contributed by atoms with van der Waals surface area (Å²) < 4.78 is 5.04. The van der Waals surface area contributed by atoms with Crippen LogP contribution in [0.3, 0.4) is 0 Å². The number of nitrogens with two attached hydrogens (primary N) is 1. The number of aliphatic hydroxyl groups is 1. The molecule has 0 aromatic carbocycles. The molecule has 0 aromatic heterocycles. The molecule has 0 saturated heterocycles. The van der Waals surface area contributed by atoms with Gasteiger partial charge in [0.15, 0.2) is 0 Å². The summed E-state index contributed by atoms with van der Waals surface area (Å²) >= 11 is 0. The number of hydrogen-bond acceptors (Lipinski definition) is 6. The van der Waals surface area contributed by atoms with E-state index in [0.29, 0.717) is 25.5 Å². The lowest BCUT2D eigenvalue weighted by Gasteiger charge is -2.14. The van der Waals surface area contributed by atoms with Gasteiger partial charge in [-0.25, -0.2) is 0 Å². The molecule has 0 saturated carbocycles. The zero-order valence-electron chi connectivity index (χ0n) is 7.69. The van der Waals surface area contributed by atoms with E-state index in [1.165, 1.54) is 0 Å². The zero-order chi connectivity index (χ0) is 10.4. The minimum atomic E-state index is -0.517. The second kappa shape index (κ2) is 5.43. The Morgan fingerprint density at radius 1 is 1.64 bits per heavy atom. The number of nitrogens with zero attached hydrogens (tertiary/aromatic N) is 1. The average Bonchev–Trinajstić information content (AvgIpc) is 2.61. The van der Waals surface area contributed by atoms with Crippen molar-refractivity contribution in [1.82, 2.24) is 16.0 Å². The molecule has 80 valence electrons. The number of aliphatic hydroxyl groups excluding tert-OH is 1. The maximum Gasteiger partial charge on any atom is 0.267 e. The maximum atomic E-state index is 10.7. The van der Waals surface area contributed by atoms with E-state index < -0.39 is 5.91 Å². The summed E-state index contributed by atoms with van der Waals surface area (Å²) in [6, 6.07) is 0. The van der Waals surface area contributed by atoms with Crippen LogP contribution in [0, 0.1) is 0 Å². The Balaban J connectivity index is 2.18. The summed E-state index contributed by atoms with van der Waals surface area (Å²) in [5.74, 6) is -0.517. The van der Waals surface area contributed by atoms with Crippen LogP contribution in [0.5, 0.6) is 0 Å². The maximum absolute atomic E-state index is 10.7. The summed E-state index contributed by atoms with van der Waals surface area (Å²) in [5.41, 5.74) is 10.7. The van der Waals surface area contributed by atoms with Crippen LogP contribution in [0.4, 0.5) is 0 Å². The van der Waals surface area contributed by atoms with Crippen LogP contribution in [0.15, 0.2) is 11.9 Å². The summed E-state index contributed by atoms with van der Waals surface area (Å²) in [6.45, 7) is 1.34. The van der Waals surface area contributed by atoms with Gasteiger partial charge in [-0.3, -0.25) is 15.2 Å². The van der Waals surface area contributed by atoms with Gasteiger partial charge in [0.05, 0.1) is 26.4 Å². The SMILES string of the molecule is NC(=O)C1=CN(CCOCCO)NN1. The lowest BCUT2D eigenvalue weighted by Crippen LogP contribution is -2.39. The molecule has 0 unspecified atom stereocenters. The summed E-state index contributed by atoms with van der Waals surface area (Å²) in [5, 5.41) is 10.1. The molecule has 1 aliphatic rings. The van der Waals surface area contributed by atoms with Gasteiger partial charge in [0, 0.05) is 6.20 Å². The third-order valence-electron chi connectivity index (χ3n) is 1.60. The molecule has 0 radical (unpaired) electrons. The Morgan fingerprint density at radius 3 is 3.00 bits per heavy atom. The fraction of sp³-hybridized carbons (Fsp3) is 0.571. The summed E-state index contributed by atoms with van der Waals surface area (Å²) in [6.07, 6.45) is 1.56. The second-order valence-corrected chi connectivity index (χ2v) is 2.67. The van der Waals surface area contributed by atoms with Crippen molar-refractivity contribution in [3.8, 4) is 0 Å². The Kier molecular flexibility index (Phi) is 4.17. The van der Waals surface area contributed by atoms with Crippen molar-refractivity contribution in [3.05, 3.63) is 11.9 Å². The molecule has 7 nitrogen and oxygen atoms in total. The van der Waals surface area contributed by atoms with E-state index in [2.05, 4.69) is 11.0 Å². The largest absolute Gasteiger partial charge is 0.394 e. The molecule has 1 rings (SSSR count). The summed E-state index contributed by atoms with van der Waals surface area (Å²) in [4.78, 5) is 10.7. The molecule has 0 atom stereocenters. The van der Waals surface area contributed by atoms with Crippen LogP contribution in [-0.2, 0) is 9.53 Å². The highest BCUT2D eigenvalue weighted by Crippen LogP contribution is 1.97. The van der Waals surface area contributed by atoms with E-state index in [9.17, 15) is 4.79 Å². The highest BCUT2D eigenvalue weighted by molar-refractivity contribution is 5.91. The quantitative estimate of drug-likeness (QED) is 0.360. The highest BCUT2D eigenvalue weighted by atomic mass is 16.5. The molecule has 14 heavy (non-hydrogen) atoms. The average molecular weight is 202 g/mol. The second-order valence-electron chi connectivity index (χ2n) is 2.67. The van der Waals surface area contributed by atoms with Gasteiger partial charge in [-0.1, -0.05) is 0 Å². The number of carbonyl (C=O) groups is 1. The molecule has 7 heteroatoms. The monoisotopic (exact) mass is 202 g/mol. The molecule has 0 aromatic rings. The number of nitrogens with one attached hydrogen (secondary N) is 2. The van der Waals surface area contributed by atoms with E-state index in [1.807, 2.05) is 0 Å². The van der Waals surface area contributed by atoms with Crippen molar-refractivity contribution in [1.29, 1.82) is 0 Å². The highest BCUT2D eigenvalue weighted by Gasteiger charge is 2.14. The Labute approximate surface area is 81.4 Å². The number of hydrogen-bond donors (Lipinski definition) is 4. The van der Waals surface area contributed by atoms with E-state index in [0.717, 1.165) is 0 Å². The first-order valence-corrected chi connectivity index (χ1v) is 4.22. The molecule has 1 heterocycles. The molecule has 5 N–H and O–H groups in total. The Bertz CT molecular complexity index is 231. The van der Waals surface area contributed by atoms with Gasteiger partial charge in [-0.2, -0.15) is 0 Å². The first-order valence-electron chi connectivity index (χ1n) is 4.22. The molecule has 0 bridgehead atoms. The van der Waals surface area contributed by atoms with E-state index in [4.69, 9.17) is 15.6 Å². The van der Waals surface area contributed by atoms with Crippen LogP contribution in [0.2, 0.25) is 0 Å². The third kappa shape index (κ3) is 3.21. The van der Waals surface area contributed by atoms with Gasteiger partial charge in [0.1, 0.15) is 5.70 Å². The molecule has 0 aliphatic carbocycles. The third-order valence-corrected chi connectivity index (χ3v) is 1.60. The predicted molar refractivity (Wildman–Crippen MR) is 48.2 cm³/mol. The van der Waals surface area contributed by atoms with Crippen LogP contribution >= 0.6 is 0 Å². The first-order chi connectivity index (χ1) is 6.74. The minimum Gasteiger partial charge on any atom is -0.394 e. The van der Waals surface area contributed by atoms with Gasteiger partial charge in [0.25, 0.3) is 5.91 Å². The number of rotatable bonds is 6. The van der Waals surface area contributed by atoms with Crippen LogP contribution < -0.4 is 16.7 Å². The normalized spacial score (nSPS) is 15.2. The fourth-order valence-corrected chi connectivity index (χ4v) is 0.928. The molecule has 0 fully saturated rings. The van der Waals surface area contributed by atoms with Crippen molar-refractivity contribution < 1.29 is 14.6 Å². The molecule has 1 aliphatic heterocycles. The fourth-order valence-electron chi connectivity index (χ4n) is 0.928. The van der Waals surface area contributed by atoms with E-state index in [-0.39, 0.29) is 6.61 Å². The van der Waals surface area contributed by atoms with Gasteiger partial charge in [-0.05, 0) is 0 Å². The number of primary amides is 1. The lowest BCUT2D eigenvalue weighted by atomic mass is 10.4. The predicted octanol–water partition coefficient (Wildman–Crippen LogP) is -2.35. The van der Waals surface area contributed by atoms with Crippen molar-refractivity contribution in [3.63, 3.8) is 0 Å². The lowest BCUT2D eigenvalue weighted by molar-refractivity contribution is -0.114. The number of ether oxygens (including phenoxy) is 1. The van der Waals surface area contributed by atoms with Crippen LogP contribution in [0.1, 0.15) is 0 Å². The van der Waals surface area contributed by atoms with Gasteiger partial charge in [0.2, 0.25) is 0 Å². The molecular formula is C7H14N4O3. The number of hydrazine groups is 2. The smallest absolute Gasteiger partial charge is 0.267 e. The molecule has 1 amide bonds. The zero-order valence-corrected chi connectivity index (χ0v) is 7.69. The van der Waals surface area contributed by atoms with Crippen molar-refractivity contribution in [2.24, 2.45) is 5.73 Å². The molecule has 0 spiro atoms. The van der Waals surface area contributed by atoms with Crippen molar-refractivity contribution in [2.75, 3.05) is 26.4 Å². The Hall–Kier alpha value is -1.31. The van der Waals surface area contributed by atoms with Crippen LogP contribution in [0.25, 0.3) is 0 Å². The van der Waals surface area contributed by atoms with Crippen molar-refractivity contribution in [2.45, 2.75) is 0 Å². The summed E-state index contributed by atoms with van der Waals surface area (Å²) in [7, 11) is 0. The minimum absolute atomic E-state index is 0.00799. The first kappa shape index (κ1) is 10.8. The standard InChI is InChI=1S/C7H14N4O3/c8-7(13)6-5-11(10-9-6)1-3-14-4-2-12/h5,9-10,12H,1-4H2,(H2,8,13).